The van der Waals surface area contributed by atoms with Gasteiger partial charge in [-0.3, -0.25) is 9.97 Å². The average molecular weight is 155 g/mol. The average Bonchev–Trinajstić information content (AvgIpc) is 2.07. The molecule has 11 heavy (non-hydrogen) atoms. The normalized spacial score (nSPS) is 9.91. The highest BCUT2D eigenvalue weighted by Crippen LogP contribution is 1.87. The van der Waals surface area contributed by atoms with Crippen molar-refractivity contribution in [3.63, 3.8) is 0 Å². The molecule has 0 saturated carbocycles. The van der Waals surface area contributed by atoms with E-state index >= 15 is 0 Å². The zero-order valence-corrected chi connectivity index (χ0v) is 6.13. The first-order chi connectivity index (χ1) is 5.43. The summed E-state index contributed by atoms with van der Waals surface area (Å²) in [4.78, 5) is 7.87. The number of alkyl halides is 1. The Labute approximate surface area is 64.7 Å². The minimum Gasteiger partial charge on any atom is -0.309 e. The summed E-state index contributed by atoms with van der Waals surface area (Å²) in [5.74, 6) is 0. The molecule has 3 nitrogen and oxygen atoms in total. The Balaban J connectivity index is 2.28. The third kappa shape index (κ3) is 3.04. The summed E-state index contributed by atoms with van der Waals surface area (Å²) < 4.78 is 11.6. The molecule has 1 heterocycles. The first kappa shape index (κ1) is 8.07. The van der Waals surface area contributed by atoms with E-state index in [4.69, 9.17) is 0 Å². The van der Waals surface area contributed by atoms with Gasteiger partial charge in [-0.1, -0.05) is 0 Å². The summed E-state index contributed by atoms with van der Waals surface area (Å²) in [5, 5.41) is 2.87. The third-order valence-electron chi connectivity index (χ3n) is 1.19. The zero-order valence-electron chi connectivity index (χ0n) is 6.13. The molecule has 0 atom stereocenters. The van der Waals surface area contributed by atoms with Gasteiger partial charge < -0.3 is 5.32 Å². The number of hydrogen-bond donors (Lipinski definition) is 1. The summed E-state index contributed by atoms with van der Waals surface area (Å²) in [6.45, 7) is 0.606. The van der Waals surface area contributed by atoms with E-state index in [0.29, 0.717) is 13.1 Å². The van der Waals surface area contributed by atoms with Gasteiger partial charge in [0.15, 0.2) is 0 Å². The summed E-state index contributed by atoms with van der Waals surface area (Å²) in [6.07, 6.45) is 4.89. The molecule has 0 spiro atoms. The Bertz CT molecular complexity index is 190. The molecule has 0 aliphatic heterocycles. The summed E-state index contributed by atoms with van der Waals surface area (Å²) >= 11 is 0. The number of rotatable bonds is 4. The van der Waals surface area contributed by atoms with Crippen LogP contribution in [0.15, 0.2) is 18.6 Å². The van der Waals surface area contributed by atoms with Crippen LogP contribution in [-0.2, 0) is 6.54 Å². The first-order valence-electron chi connectivity index (χ1n) is 3.45. The highest BCUT2D eigenvalue weighted by molar-refractivity contribution is 4.93. The Morgan fingerprint density at radius 2 is 2.36 bits per heavy atom. The van der Waals surface area contributed by atoms with Gasteiger partial charge >= 0.3 is 0 Å². The minimum absolute atomic E-state index is 0.347. The lowest BCUT2D eigenvalue weighted by atomic mass is 10.4. The third-order valence-corrected chi connectivity index (χ3v) is 1.19. The van der Waals surface area contributed by atoms with Crippen LogP contribution < -0.4 is 5.32 Å². The van der Waals surface area contributed by atoms with Crippen molar-refractivity contribution < 1.29 is 4.39 Å². The second kappa shape index (κ2) is 4.73. The lowest BCUT2D eigenvalue weighted by molar-refractivity contribution is 0.465. The monoisotopic (exact) mass is 155 g/mol. The number of hydrogen-bond acceptors (Lipinski definition) is 3. The minimum atomic E-state index is -0.347. The van der Waals surface area contributed by atoms with Gasteiger partial charge in [-0.25, -0.2) is 4.39 Å². The van der Waals surface area contributed by atoms with E-state index in [1.165, 1.54) is 0 Å². The molecule has 0 saturated heterocycles. The van der Waals surface area contributed by atoms with Crippen LogP contribution in [0.25, 0.3) is 0 Å². The highest BCUT2D eigenvalue weighted by atomic mass is 19.1. The largest absolute Gasteiger partial charge is 0.309 e. The van der Waals surface area contributed by atoms with Crippen LogP contribution in [0.1, 0.15) is 5.69 Å². The Kier molecular flexibility index (Phi) is 3.47. The second-order valence-corrected chi connectivity index (χ2v) is 2.06. The van der Waals surface area contributed by atoms with Gasteiger partial charge in [-0.15, -0.1) is 0 Å². The van der Waals surface area contributed by atoms with Crippen LogP contribution in [0, 0.1) is 0 Å². The molecule has 1 rings (SSSR count). The molecule has 1 N–H and O–H groups in total. The quantitative estimate of drug-likeness (QED) is 0.645. The molecule has 0 amide bonds. The topological polar surface area (TPSA) is 37.8 Å². The van der Waals surface area contributed by atoms with E-state index in [9.17, 15) is 4.39 Å². The van der Waals surface area contributed by atoms with Gasteiger partial charge in [-0.2, -0.15) is 0 Å². The van der Waals surface area contributed by atoms with E-state index in [-0.39, 0.29) is 6.67 Å². The van der Waals surface area contributed by atoms with Crippen LogP contribution >= 0.6 is 0 Å². The van der Waals surface area contributed by atoms with Gasteiger partial charge in [0, 0.05) is 31.7 Å². The predicted molar refractivity (Wildman–Crippen MR) is 39.7 cm³/mol. The fourth-order valence-corrected chi connectivity index (χ4v) is 0.705. The molecule has 0 fully saturated rings. The maximum absolute atomic E-state index is 11.6. The summed E-state index contributed by atoms with van der Waals surface area (Å²) in [7, 11) is 0. The SMILES string of the molecule is FCCNCc1cnccn1. The molecule has 0 bridgehead atoms. The van der Waals surface area contributed by atoms with E-state index < -0.39 is 0 Å². The van der Waals surface area contributed by atoms with Crippen molar-refractivity contribution in [2.75, 3.05) is 13.2 Å². The fraction of sp³-hybridized carbons (Fsp3) is 0.429. The lowest BCUT2D eigenvalue weighted by Crippen LogP contribution is -2.16. The summed E-state index contributed by atoms with van der Waals surface area (Å²) in [5.41, 5.74) is 0.834. The molecule has 0 unspecified atom stereocenters. The van der Waals surface area contributed by atoms with Crippen LogP contribution in [0.2, 0.25) is 0 Å². The van der Waals surface area contributed by atoms with E-state index in [0.717, 1.165) is 5.69 Å². The van der Waals surface area contributed by atoms with Gasteiger partial charge in [0.05, 0.1) is 5.69 Å². The molecule has 4 heteroatoms. The Hall–Kier alpha value is -1.03. The number of halogens is 1. The number of nitrogens with one attached hydrogen (secondary N) is 1. The van der Waals surface area contributed by atoms with Crippen molar-refractivity contribution in [3.8, 4) is 0 Å². The molecule has 0 radical (unpaired) electrons. The molecule has 1 aromatic heterocycles. The maximum atomic E-state index is 11.6. The molecular formula is C7H10FN3. The van der Waals surface area contributed by atoms with Crippen LogP contribution in [0.5, 0.6) is 0 Å². The number of aromatic nitrogens is 2. The smallest absolute Gasteiger partial charge is 0.102 e. The maximum Gasteiger partial charge on any atom is 0.102 e. The van der Waals surface area contributed by atoms with Crippen molar-refractivity contribution in [2.45, 2.75) is 6.54 Å². The standard InChI is InChI=1S/C7H10FN3/c8-1-2-9-5-7-6-10-3-4-11-7/h3-4,6,9H,1-2,5H2. The van der Waals surface area contributed by atoms with Gasteiger partial charge in [0.2, 0.25) is 0 Å². The molecule has 0 aromatic carbocycles. The van der Waals surface area contributed by atoms with Crippen molar-refractivity contribution in [1.82, 2.24) is 15.3 Å². The van der Waals surface area contributed by atoms with E-state index in [2.05, 4.69) is 15.3 Å². The Morgan fingerprint density at radius 1 is 1.45 bits per heavy atom. The number of nitrogens with zero attached hydrogens (tertiary/aromatic N) is 2. The predicted octanol–water partition coefficient (Wildman–Crippen LogP) is 0.536. The molecule has 1 aromatic rings. The molecule has 0 aliphatic rings. The summed E-state index contributed by atoms with van der Waals surface area (Å²) in [6, 6.07) is 0. The highest BCUT2D eigenvalue weighted by Gasteiger charge is 1.90. The molecule has 60 valence electrons. The van der Waals surface area contributed by atoms with E-state index in [1.807, 2.05) is 0 Å². The van der Waals surface area contributed by atoms with Crippen molar-refractivity contribution in [3.05, 3.63) is 24.3 Å². The zero-order chi connectivity index (χ0) is 7.94. The van der Waals surface area contributed by atoms with Gasteiger partial charge in [0.25, 0.3) is 0 Å². The molecule has 0 aliphatic carbocycles. The molecular weight excluding hydrogens is 145 g/mol. The first-order valence-corrected chi connectivity index (χ1v) is 3.45. The van der Waals surface area contributed by atoms with Crippen molar-refractivity contribution in [2.24, 2.45) is 0 Å². The van der Waals surface area contributed by atoms with Gasteiger partial charge in [-0.05, 0) is 0 Å². The van der Waals surface area contributed by atoms with Crippen LogP contribution in [0.4, 0.5) is 4.39 Å². The Morgan fingerprint density at radius 3 is 3.00 bits per heavy atom. The van der Waals surface area contributed by atoms with Crippen LogP contribution in [0.3, 0.4) is 0 Å². The second-order valence-electron chi connectivity index (χ2n) is 2.06. The van der Waals surface area contributed by atoms with Gasteiger partial charge in [0.1, 0.15) is 6.67 Å². The fourth-order valence-electron chi connectivity index (χ4n) is 0.705. The van der Waals surface area contributed by atoms with Crippen molar-refractivity contribution >= 4 is 0 Å². The lowest BCUT2D eigenvalue weighted by Gasteiger charge is -1.98. The van der Waals surface area contributed by atoms with E-state index in [1.54, 1.807) is 18.6 Å². The van der Waals surface area contributed by atoms with Crippen molar-refractivity contribution in [1.29, 1.82) is 0 Å². The van der Waals surface area contributed by atoms with Crippen LogP contribution in [-0.4, -0.2) is 23.2 Å².